The SMILES string of the molecule is C[C@]12C=C3C(=O)OC(c4ccccc4)(c4ccccc4)C[C@@]3(OO1)OC2c1ccc(Cl)cc1. The highest BCUT2D eigenvalue weighted by Crippen LogP contribution is 2.58. The summed E-state index contributed by atoms with van der Waals surface area (Å²) in [6.45, 7) is 1.83. The summed E-state index contributed by atoms with van der Waals surface area (Å²) in [5, 5.41) is 0.629. The van der Waals surface area contributed by atoms with Gasteiger partial charge in [0.25, 0.3) is 0 Å². The van der Waals surface area contributed by atoms with Crippen LogP contribution < -0.4 is 0 Å². The smallest absolute Gasteiger partial charge is 0.340 e. The van der Waals surface area contributed by atoms with Gasteiger partial charge in [-0.3, -0.25) is 0 Å². The van der Waals surface area contributed by atoms with Gasteiger partial charge in [0.1, 0.15) is 6.10 Å². The zero-order valence-corrected chi connectivity index (χ0v) is 18.6. The molecule has 2 bridgehead atoms. The summed E-state index contributed by atoms with van der Waals surface area (Å²) in [5.74, 6) is -1.92. The van der Waals surface area contributed by atoms with E-state index in [1.54, 1.807) is 6.08 Å². The lowest BCUT2D eigenvalue weighted by Gasteiger charge is -2.56. The molecular weight excluding hydrogens is 440 g/mol. The molecule has 0 aromatic heterocycles. The number of rotatable bonds is 3. The van der Waals surface area contributed by atoms with Crippen molar-refractivity contribution in [2.75, 3.05) is 0 Å². The number of ether oxygens (including phenoxy) is 2. The van der Waals surface area contributed by atoms with E-state index in [0.29, 0.717) is 10.6 Å². The van der Waals surface area contributed by atoms with Gasteiger partial charge in [-0.25, -0.2) is 9.68 Å². The fourth-order valence-corrected chi connectivity index (χ4v) is 5.16. The molecule has 1 unspecified atom stereocenters. The molecule has 3 aromatic carbocycles. The molecule has 166 valence electrons. The van der Waals surface area contributed by atoms with Crippen molar-refractivity contribution >= 4 is 17.6 Å². The van der Waals surface area contributed by atoms with Crippen molar-refractivity contribution in [1.29, 1.82) is 0 Å². The molecule has 0 saturated carbocycles. The molecule has 0 amide bonds. The standard InChI is InChI=1S/C27H21ClO5/c1-25-16-22-24(29)31-26(19-8-4-2-5-9-19,20-10-6-3-7-11-20)17-27(22,33-32-25)30-23(25)18-12-14-21(28)15-13-18/h2-16,23H,17H2,1H3/t23?,25-,27+/m1/s1. The molecule has 4 aliphatic rings. The molecule has 0 aliphatic carbocycles. The van der Waals surface area contributed by atoms with Gasteiger partial charge in [-0.05, 0) is 30.7 Å². The molecule has 1 spiro atoms. The lowest BCUT2D eigenvalue weighted by Crippen LogP contribution is -2.64. The third kappa shape index (κ3) is 3.08. The van der Waals surface area contributed by atoms with Crippen LogP contribution in [0.5, 0.6) is 0 Å². The fourth-order valence-electron chi connectivity index (χ4n) is 5.03. The van der Waals surface area contributed by atoms with Gasteiger partial charge in [-0.15, -0.1) is 0 Å². The summed E-state index contributed by atoms with van der Waals surface area (Å²) in [6, 6.07) is 26.7. The van der Waals surface area contributed by atoms with Crippen molar-refractivity contribution in [2.45, 2.75) is 36.4 Å². The Labute approximate surface area is 196 Å². The summed E-state index contributed by atoms with van der Waals surface area (Å²) in [6.07, 6.45) is 1.48. The van der Waals surface area contributed by atoms with E-state index in [-0.39, 0.29) is 6.42 Å². The molecule has 33 heavy (non-hydrogen) atoms. The number of esters is 1. The molecule has 7 rings (SSSR count). The molecular formula is C27H21ClO5. The van der Waals surface area contributed by atoms with Crippen LogP contribution in [0, 0.1) is 0 Å². The summed E-state index contributed by atoms with van der Waals surface area (Å²) in [7, 11) is 0. The second kappa shape index (κ2) is 7.27. The van der Waals surface area contributed by atoms with E-state index >= 15 is 0 Å². The van der Waals surface area contributed by atoms with Crippen molar-refractivity contribution < 1.29 is 24.0 Å². The number of hydrogen-bond donors (Lipinski definition) is 0. The van der Waals surface area contributed by atoms with Crippen LogP contribution in [0.2, 0.25) is 5.02 Å². The number of carbonyl (C=O) groups is 1. The van der Waals surface area contributed by atoms with Crippen LogP contribution in [0.4, 0.5) is 0 Å². The van der Waals surface area contributed by atoms with E-state index < -0.39 is 29.1 Å². The molecule has 6 heteroatoms. The molecule has 3 aromatic rings. The quantitative estimate of drug-likeness (QED) is 0.373. The first-order valence-electron chi connectivity index (χ1n) is 10.8. The Balaban J connectivity index is 1.51. The number of carbonyl (C=O) groups excluding carboxylic acids is 1. The van der Waals surface area contributed by atoms with Crippen molar-refractivity contribution in [3.8, 4) is 0 Å². The van der Waals surface area contributed by atoms with Crippen molar-refractivity contribution in [1.82, 2.24) is 0 Å². The largest absolute Gasteiger partial charge is 0.445 e. The van der Waals surface area contributed by atoms with Gasteiger partial charge in [0.15, 0.2) is 11.2 Å². The van der Waals surface area contributed by atoms with E-state index in [0.717, 1.165) is 16.7 Å². The maximum absolute atomic E-state index is 13.5. The zero-order chi connectivity index (χ0) is 22.7. The summed E-state index contributed by atoms with van der Waals surface area (Å²) in [5.41, 5.74) is 0.742. The van der Waals surface area contributed by atoms with E-state index in [9.17, 15) is 4.79 Å². The van der Waals surface area contributed by atoms with Gasteiger partial charge >= 0.3 is 5.97 Å². The fraction of sp³-hybridized carbons (Fsp3) is 0.222. The maximum atomic E-state index is 13.5. The van der Waals surface area contributed by atoms with E-state index in [1.165, 1.54) is 0 Å². The maximum Gasteiger partial charge on any atom is 0.340 e. The van der Waals surface area contributed by atoms with Gasteiger partial charge in [0.2, 0.25) is 5.79 Å². The van der Waals surface area contributed by atoms with E-state index in [4.69, 9.17) is 30.8 Å². The molecule has 2 saturated heterocycles. The number of fused-ring (bicyclic) bond motifs is 2. The first-order chi connectivity index (χ1) is 15.9. The summed E-state index contributed by atoms with van der Waals surface area (Å²) >= 11 is 6.10. The Morgan fingerprint density at radius 2 is 1.45 bits per heavy atom. The molecule has 4 heterocycles. The van der Waals surface area contributed by atoms with Gasteiger partial charge in [0.05, 0.1) is 12.0 Å². The second-order valence-corrected chi connectivity index (χ2v) is 9.27. The van der Waals surface area contributed by atoms with E-state index in [1.807, 2.05) is 91.9 Å². The van der Waals surface area contributed by atoms with Crippen LogP contribution in [0.25, 0.3) is 0 Å². The lowest BCUT2D eigenvalue weighted by atomic mass is 9.73. The number of hydrogen-bond acceptors (Lipinski definition) is 5. The van der Waals surface area contributed by atoms with Crippen LogP contribution in [0.15, 0.2) is 96.6 Å². The van der Waals surface area contributed by atoms with Crippen LogP contribution in [0.1, 0.15) is 36.1 Å². The molecule has 5 nitrogen and oxygen atoms in total. The highest BCUT2D eigenvalue weighted by atomic mass is 35.5. The van der Waals surface area contributed by atoms with Crippen molar-refractivity contribution in [3.05, 3.63) is 118 Å². The minimum atomic E-state index is -1.43. The van der Waals surface area contributed by atoms with Crippen LogP contribution in [-0.2, 0) is 29.6 Å². The monoisotopic (exact) mass is 460 g/mol. The molecule has 3 atom stereocenters. The predicted octanol–water partition coefficient (Wildman–Crippen LogP) is 5.65. The minimum absolute atomic E-state index is 0.200. The molecule has 0 N–H and O–H groups in total. The summed E-state index contributed by atoms with van der Waals surface area (Å²) in [4.78, 5) is 25.3. The molecule has 2 fully saturated rings. The molecule has 4 aliphatic heterocycles. The Bertz CT molecular complexity index is 1200. The van der Waals surface area contributed by atoms with Crippen LogP contribution >= 0.6 is 11.6 Å². The first kappa shape index (κ1) is 20.6. The van der Waals surface area contributed by atoms with Gasteiger partial charge in [-0.2, -0.15) is 4.89 Å². The van der Waals surface area contributed by atoms with E-state index in [2.05, 4.69) is 0 Å². The number of cyclic esters (lactones) is 1. The topological polar surface area (TPSA) is 54.0 Å². The minimum Gasteiger partial charge on any atom is -0.445 e. The van der Waals surface area contributed by atoms with Crippen LogP contribution in [0.3, 0.4) is 0 Å². The summed E-state index contributed by atoms with van der Waals surface area (Å²) < 4.78 is 12.8. The zero-order valence-electron chi connectivity index (χ0n) is 17.9. The Morgan fingerprint density at radius 3 is 2.06 bits per heavy atom. The number of halogens is 1. The van der Waals surface area contributed by atoms with Gasteiger partial charge in [0, 0.05) is 16.1 Å². The normalized spacial score (nSPS) is 29.7. The van der Waals surface area contributed by atoms with Crippen molar-refractivity contribution in [3.63, 3.8) is 0 Å². The molecule has 0 radical (unpaired) electrons. The van der Waals surface area contributed by atoms with Crippen LogP contribution in [-0.4, -0.2) is 17.4 Å². The third-order valence-corrected chi connectivity index (χ3v) is 6.90. The Morgan fingerprint density at radius 1 is 0.848 bits per heavy atom. The lowest BCUT2D eigenvalue weighted by molar-refractivity contribution is -0.525. The predicted molar refractivity (Wildman–Crippen MR) is 121 cm³/mol. The van der Waals surface area contributed by atoms with Crippen molar-refractivity contribution in [2.24, 2.45) is 0 Å². The van der Waals surface area contributed by atoms with Gasteiger partial charge < -0.3 is 9.47 Å². The second-order valence-electron chi connectivity index (χ2n) is 8.84. The average molecular weight is 461 g/mol. The Hall–Kier alpha value is -2.96. The third-order valence-electron chi connectivity index (χ3n) is 6.65. The highest BCUT2D eigenvalue weighted by Gasteiger charge is 2.66. The number of benzene rings is 3. The average Bonchev–Trinajstić information content (AvgIpc) is 2.85. The Kier molecular flexibility index (Phi) is 4.55. The highest BCUT2D eigenvalue weighted by molar-refractivity contribution is 6.30. The van der Waals surface area contributed by atoms with Gasteiger partial charge in [-0.1, -0.05) is 84.4 Å². The first-order valence-corrected chi connectivity index (χ1v) is 11.2.